The van der Waals surface area contributed by atoms with E-state index >= 15 is 0 Å². The molecule has 3 aromatic rings. The van der Waals surface area contributed by atoms with Gasteiger partial charge in [-0.2, -0.15) is 0 Å². The summed E-state index contributed by atoms with van der Waals surface area (Å²) in [5, 5.41) is 3.14. The Kier molecular flexibility index (Phi) is 5.60. The largest absolute Gasteiger partial charge is 0.454 e. The zero-order chi connectivity index (χ0) is 25.8. The Bertz CT molecular complexity index is 1340. The van der Waals surface area contributed by atoms with E-state index in [0.29, 0.717) is 10.7 Å². The molecule has 1 fully saturated rings. The zero-order valence-corrected chi connectivity index (χ0v) is 20.6. The summed E-state index contributed by atoms with van der Waals surface area (Å²) in [5.74, 6) is -3.76. The predicted octanol–water partition coefficient (Wildman–Crippen LogP) is 4.10. The molecule has 1 saturated heterocycles. The lowest BCUT2D eigenvalue weighted by Gasteiger charge is -2.45. The van der Waals surface area contributed by atoms with Crippen LogP contribution in [0.2, 0.25) is 5.02 Å². The maximum absolute atomic E-state index is 13.7. The molecule has 7 nitrogen and oxygen atoms in total. The Morgan fingerprint density at radius 3 is 1.76 bits per heavy atom. The van der Waals surface area contributed by atoms with Gasteiger partial charge >= 0.3 is 5.97 Å². The van der Waals surface area contributed by atoms with Crippen molar-refractivity contribution < 1.29 is 23.9 Å². The van der Waals surface area contributed by atoms with Gasteiger partial charge < -0.3 is 10.1 Å². The fourth-order valence-corrected chi connectivity index (χ4v) is 6.30. The van der Waals surface area contributed by atoms with Crippen molar-refractivity contribution in [1.29, 1.82) is 0 Å². The number of imide groups is 1. The van der Waals surface area contributed by atoms with E-state index in [-0.39, 0.29) is 23.7 Å². The standard InChI is InChI=1S/C29H23ClN2O5/c1-15(29(36)37-14-22(33)31-17-12-10-16(30)11-13-17)32-27(34)25-23-18-6-2-3-7-19(18)24(26(25)28(32)35)21-9-5-4-8-20(21)23/h2-13,15,23-26H,14H2,1H3,(H,31,33)/t15-,23?,24?,25-,26-/m1/s1. The van der Waals surface area contributed by atoms with Gasteiger partial charge in [0.15, 0.2) is 6.61 Å². The minimum absolute atomic E-state index is 0.253. The van der Waals surface area contributed by atoms with E-state index in [0.717, 1.165) is 27.2 Å². The lowest BCUT2D eigenvalue weighted by Crippen LogP contribution is -2.45. The monoisotopic (exact) mass is 514 g/mol. The number of halogens is 1. The number of nitrogens with zero attached hydrogens (tertiary/aromatic N) is 1. The van der Waals surface area contributed by atoms with Gasteiger partial charge in [-0.15, -0.1) is 0 Å². The molecule has 3 amide bonds. The number of ether oxygens (including phenoxy) is 1. The molecule has 0 saturated carbocycles. The second-order valence-electron chi connectivity index (χ2n) is 9.65. The number of benzene rings is 3. The van der Waals surface area contributed by atoms with Crippen LogP contribution in [0.5, 0.6) is 0 Å². The molecule has 2 bridgehead atoms. The molecule has 3 aliphatic carbocycles. The second kappa shape index (κ2) is 8.85. The third-order valence-corrected chi connectivity index (χ3v) is 7.94. The molecule has 0 spiro atoms. The quantitative estimate of drug-likeness (QED) is 0.409. The normalized spacial score (nSPS) is 23.7. The number of nitrogens with one attached hydrogen (secondary N) is 1. The third kappa shape index (κ3) is 3.64. The van der Waals surface area contributed by atoms with Gasteiger partial charge in [0, 0.05) is 22.5 Å². The first-order valence-corrected chi connectivity index (χ1v) is 12.5. The smallest absolute Gasteiger partial charge is 0.329 e. The fourth-order valence-electron chi connectivity index (χ4n) is 6.18. The molecule has 3 atom stereocenters. The molecule has 37 heavy (non-hydrogen) atoms. The second-order valence-corrected chi connectivity index (χ2v) is 10.1. The number of hydrogen-bond donors (Lipinski definition) is 1. The summed E-state index contributed by atoms with van der Waals surface area (Å²) in [5.41, 5.74) is 4.74. The minimum atomic E-state index is -1.15. The van der Waals surface area contributed by atoms with Crippen LogP contribution in [0.4, 0.5) is 5.69 Å². The highest BCUT2D eigenvalue weighted by atomic mass is 35.5. The molecule has 1 aliphatic heterocycles. The van der Waals surface area contributed by atoms with Crippen LogP contribution in [0, 0.1) is 11.8 Å². The Hall–Kier alpha value is -3.97. The van der Waals surface area contributed by atoms with E-state index in [1.165, 1.54) is 6.92 Å². The summed E-state index contributed by atoms with van der Waals surface area (Å²) in [6, 6.07) is 21.2. The number of hydrogen-bond acceptors (Lipinski definition) is 5. The summed E-state index contributed by atoms with van der Waals surface area (Å²) < 4.78 is 5.19. The number of esters is 1. The summed E-state index contributed by atoms with van der Waals surface area (Å²) in [7, 11) is 0. The van der Waals surface area contributed by atoms with Crippen molar-refractivity contribution >= 4 is 41.0 Å². The van der Waals surface area contributed by atoms with Crippen molar-refractivity contribution in [2.45, 2.75) is 24.8 Å². The van der Waals surface area contributed by atoms with Gasteiger partial charge in [-0.25, -0.2) is 4.79 Å². The van der Waals surface area contributed by atoms with Gasteiger partial charge in [-0.1, -0.05) is 60.1 Å². The Labute approximate surface area is 218 Å². The SMILES string of the molecule is C[C@H](C(=O)OCC(=O)Nc1ccc(Cl)cc1)N1C(=O)[C@@H]2C3c4ccccc4C(c4ccccc43)[C@H]2C1=O. The average molecular weight is 515 g/mol. The van der Waals surface area contributed by atoms with E-state index in [2.05, 4.69) is 5.32 Å². The van der Waals surface area contributed by atoms with Crippen molar-refractivity contribution in [1.82, 2.24) is 4.90 Å². The van der Waals surface area contributed by atoms with Crippen molar-refractivity contribution in [2.75, 3.05) is 11.9 Å². The first-order chi connectivity index (χ1) is 17.9. The first kappa shape index (κ1) is 23.4. The molecule has 1 N–H and O–H groups in total. The number of likely N-dealkylation sites (tertiary alicyclic amines) is 1. The number of rotatable bonds is 5. The van der Waals surface area contributed by atoms with Crippen LogP contribution in [-0.2, 0) is 23.9 Å². The molecule has 3 aromatic carbocycles. The summed E-state index contributed by atoms with van der Waals surface area (Å²) in [6.45, 7) is 0.922. The van der Waals surface area contributed by atoms with Crippen LogP contribution in [-0.4, -0.2) is 41.2 Å². The van der Waals surface area contributed by atoms with Gasteiger partial charge in [-0.3, -0.25) is 19.3 Å². The number of carbonyl (C=O) groups excluding carboxylic acids is 4. The Balaban J connectivity index is 1.21. The van der Waals surface area contributed by atoms with Crippen molar-refractivity contribution in [3.05, 3.63) is 100 Å². The molecule has 0 unspecified atom stereocenters. The number of amides is 3. The summed E-state index contributed by atoms with van der Waals surface area (Å²) >= 11 is 5.85. The van der Waals surface area contributed by atoms with Gasteiger partial charge in [0.25, 0.3) is 5.91 Å². The van der Waals surface area contributed by atoms with Crippen LogP contribution in [0.25, 0.3) is 0 Å². The van der Waals surface area contributed by atoms with Crippen LogP contribution in [0.1, 0.15) is 41.0 Å². The molecule has 0 radical (unpaired) electrons. The third-order valence-electron chi connectivity index (χ3n) is 7.68. The first-order valence-electron chi connectivity index (χ1n) is 12.1. The summed E-state index contributed by atoms with van der Waals surface area (Å²) in [4.78, 5) is 53.6. The number of anilines is 1. The molecule has 8 heteroatoms. The minimum Gasteiger partial charge on any atom is -0.454 e. The molecule has 7 rings (SSSR count). The molecule has 0 aromatic heterocycles. The maximum atomic E-state index is 13.7. The Morgan fingerprint density at radius 1 is 0.838 bits per heavy atom. The summed E-state index contributed by atoms with van der Waals surface area (Å²) in [6.07, 6.45) is 0. The highest BCUT2D eigenvalue weighted by Crippen LogP contribution is 2.61. The van der Waals surface area contributed by atoms with E-state index in [1.807, 2.05) is 48.5 Å². The predicted molar refractivity (Wildman–Crippen MR) is 136 cm³/mol. The van der Waals surface area contributed by atoms with Crippen molar-refractivity contribution in [3.8, 4) is 0 Å². The topological polar surface area (TPSA) is 92.8 Å². The van der Waals surface area contributed by atoms with Crippen LogP contribution >= 0.6 is 11.6 Å². The van der Waals surface area contributed by atoms with Gasteiger partial charge in [0.05, 0.1) is 11.8 Å². The van der Waals surface area contributed by atoms with E-state index < -0.39 is 36.4 Å². The highest BCUT2D eigenvalue weighted by molar-refractivity contribution is 6.30. The van der Waals surface area contributed by atoms with E-state index in [1.54, 1.807) is 24.3 Å². The fraction of sp³-hybridized carbons (Fsp3) is 0.241. The van der Waals surface area contributed by atoms with Crippen LogP contribution in [0.3, 0.4) is 0 Å². The van der Waals surface area contributed by atoms with Gasteiger partial charge in [0.1, 0.15) is 6.04 Å². The molecular weight excluding hydrogens is 492 g/mol. The van der Waals surface area contributed by atoms with Gasteiger partial charge in [-0.05, 0) is 53.4 Å². The maximum Gasteiger partial charge on any atom is 0.329 e. The van der Waals surface area contributed by atoms with Crippen LogP contribution in [0.15, 0.2) is 72.8 Å². The molecule has 4 aliphatic rings. The lowest BCUT2D eigenvalue weighted by atomic mass is 9.55. The molecule has 186 valence electrons. The number of carbonyl (C=O) groups is 4. The zero-order valence-electron chi connectivity index (χ0n) is 19.9. The van der Waals surface area contributed by atoms with Crippen molar-refractivity contribution in [3.63, 3.8) is 0 Å². The van der Waals surface area contributed by atoms with Gasteiger partial charge in [0.2, 0.25) is 11.8 Å². The van der Waals surface area contributed by atoms with E-state index in [4.69, 9.17) is 16.3 Å². The molecular formula is C29H23ClN2O5. The highest BCUT2D eigenvalue weighted by Gasteiger charge is 2.62. The lowest BCUT2D eigenvalue weighted by molar-refractivity contribution is -0.159. The molecule has 1 heterocycles. The van der Waals surface area contributed by atoms with E-state index in [9.17, 15) is 19.2 Å². The average Bonchev–Trinajstić information content (AvgIpc) is 3.18. The van der Waals surface area contributed by atoms with Crippen LogP contribution < -0.4 is 5.32 Å². The van der Waals surface area contributed by atoms with Crippen molar-refractivity contribution in [2.24, 2.45) is 11.8 Å². The Morgan fingerprint density at radius 2 is 1.30 bits per heavy atom.